The molecule has 0 heterocycles. The quantitative estimate of drug-likeness (QED) is 0.0577. The number of methoxy groups -OCH3 is 1. The molecule has 17 nitrogen and oxygen atoms in total. The van der Waals surface area contributed by atoms with Gasteiger partial charge in [-0.15, -0.1) is 0 Å². The molecule has 0 aromatic carbocycles. The van der Waals surface area contributed by atoms with Gasteiger partial charge in [-0.1, -0.05) is 0 Å². The molecule has 4 N–H and O–H groups in total. The molecule has 2 amide bonds. The zero-order valence-corrected chi connectivity index (χ0v) is 31.7. The first-order valence-electron chi connectivity index (χ1n) is 17.8. The second-order valence-corrected chi connectivity index (χ2v) is 12.2. The molecular formula is C34H67N3O14. The minimum atomic E-state index is -0.792. The number of ether oxygens (including phenoxy) is 11. The molecule has 0 unspecified atom stereocenters. The predicted octanol–water partition coefficient (Wildman–Crippen LogP) is 0.242. The minimum absolute atomic E-state index is 0.0718. The predicted molar refractivity (Wildman–Crippen MR) is 188 cm³/mol. The number of hydrogen-bond donors (Lipinski definition) is 3. The van der Waals surface area contributed by atoms with E-state index in [0.717, 1.165) is 0 Å². The second-order valence-electron chi connectivity index (χ2n) is 12.2. The van der Waals surface area contributed by atoms with Crippen LogP contribution in [0, 0.1) is 0 Å². The van der Waals surface area contributed by atoms with E-state index in [1.165, 1.54) is 0 Å². The number of carbonyl (C=O) groups excluding carboxylic acids is 3. The Hall–Kier alpha value is -2.03. The van der Waals surface area contributed by atoms with Gasteiger partial charge in [-0.05, 0) is 47.0 Å². The summed E-state index contributed by atoms with van der Waals surface area (Å²) < 4.78 is 58.8. The molecule has 0 aliphatic heterocycles. The molecule has 0 aromatic rings. The van der Waals surface area contributed by atoms with Crippen molar-refractivity contribution in [2.75, 3.05) is 139 Å². The van der Waals surface area contributed by atoms with Crippen molar-refractivity contribution < 1.29 is 66.5 Å². The molecule has 0 bridgehead atoms. The molecule has 0 saturated heterocycles. The standard InChI is InChI=1S/C34H67N3O14/c1-29(33(40)51-34(2,3)4)37-32(39)30(35)8-6-7-9-36-31(38)28-50-27-26-49-25-24-48-23-22-47-21-20-46-19-18-45-17-16-44-15-14-43-13-12-42-11-10-41-5/h29-30H,6-28,35H2,1-5H3,(H,36,38)(H,37,39)/t29-,30-/m0/s1. The first-order valence-corrected chi connectivity index (χ1v) is 17.8. The molecule has 0 rings (SSSR count). The molecule has 0 aliphatic rings. The van der Waals surface area contributed by atoms with Crippen LogP contribution in [0.4, 0.5) is 0 Å². The summed E-state index contributed by atoms with van der Waals surface area (Å²) in [5, 5.41) is 5.34. The van der Waals surface area contributed by atoms with Crippen LogP contribution in [0.25, 0.3) is 0 Å². The molecule has 2 atom stereocenters. The first kappa shape index (κ1) is 49.0. The van der Waals surface area contributed by atoms with Crippen LogP contribution in [0.15, 0.2) is 0 Å². The molecule has 51 heavy (non-hydrogen) atoms. The monoisotopic (exact) mass is 741 g/mol. The van der Waals surface area contributed by atoms with Crippen LogP contribution in [0.5, 0.6) is 0 Å². The maximum atomic E-state index is 12.2. The van der Waals surface area contributed by atoms with Gasteiger partial charge >= 0.3 is 5.97 Å². The summed E-state index contributed by atoms with van der Waals surface area (Å²) in [4.78, 5) is 36.1. The van der Waals surface area contributed by atoms with Crippen molar-refractivity contribution in [3.05, 3.63) is 0 Å². The van der Waals surface area contributed by atoms with Crippen LogP contribution in [0.1, 0.15) is 47.0 Å². The Morgan fingerprint density at radius 2 is 0.961 bits per heavy atom. The summed E-state index contributed by atoms with van der Waals surface area (Å²) in [6.07, 6.45) is 1.70. The van der Waals surface area contributed by atoms with Crippen LogP contribution in [-0.4, -0.2) is 175 Å². The molecule has 0 spiro atoms. The van der Waals surface area contributed by atoms with E-state index in [2.05, 4.69) is 10.6 Å². The Kier molecular flexibility index (Phi) is 33.6. The molecule has 0 fully saturated rings. The highest BCUT2D eigenvalue weighted by Crippen LogP contribution is 2.08. The maximum absolute atomic E-state index is 12.2. The van der Waals surface area contributed by atoms with E-state index in [1.54, 1.807) is 34.8 Å². The SMILES string of the molecule is COCCOCCOCCOCCOCCOCCOCCOCCOCCOCC(=O)NCCCC[C@H](N)C(=O)N[C@@H](C)C(=O)OC(C)(C)C. The van der Waals surface area contributed by atoms with E-state index in [4.69, 9.17) is 57.8 Å². The van der Waals surface area contributed by atoms with Gasteiger partial charge in [-0.3, -0.25) is 9.59 Å². The molecular weight excluding hydrogens is 674 g/mol. The van der Waals surface area contributed by atoms with E-state index < -0.39 is 29.6 Å². The molecule has 0 aromatic heterocycles. The normalized spacial score (nSPS) is 12.8. The van der Waals surface area contributed by atoms with Crippen molar-refractivity contribution in [1.29, 1.82) is 0 Å². The van der Waals surface area contributed by atoms with E-state index in [9.17, 15) is 14.4 Å². The third kappa shape index (κ3) is 36.1. The van der Waals surface area contributed by atoms with Gasteiger partial charge < -0.3 is 68.5 Å². The topological polar surface area (TPSA) is 203 Å². The fourth-order valence-corrected chi connectivity index (χ4v) is 3.74. The summed E-state index contributed by atoms with van der Waals surface area (Å²) in [7, 11) is 1.64. The van der Waals surface area contributed by atoms with Crippen molar-refractivity contribution in [3.63, 3.8) is 0 Å². The van der Waals surface area contributed by atoms with Crippen molar-refractivity contribution in [1.82, 2.24) is 10.6 Å². The molecule has 0 aliphatic carbocycles. The van der Waals surface area contributed by atoms with E-state index in [1.807, 2.05) is 0 Å². The average Bonchev–Trinajstić information content (AvgIpc) is 3.08. The number of carbonyl (C=O) groups is 3. The zero-order valence-electron chi connectivity index (χ0n) is 31.7. The lowest BCUT2D eigenvalue weighted by molar-refractivity contribution is -0.158. The average molecular weight is 742 g/mol. The fourth-order valence-electron chi connectivity index (χ4n) is 3.74. The third-order valence-corrected chi connectivity index (χ3v) is 6.36. The lowest BCUT2D eigenvalue weighted by Gasteiger charge is -2.23. The summed E-state index contributed by atoms with van der Waals surface area (Å²) in [5.74, 6) is -1.17. The van der Waals surface area contributed by atoms with Crippen molar-refractivity contribution in [3.8, 4) is 0 Å². The number of hydrogen-bond acceptors (Lipinski definition) is 15. The molecule has 0 radical (unpaired) electrons. The highest BCUT2D eigenvalue weighted by molar-refractivity contribution is 5.87. The Morgan fingerprint density at radius 3 is 1.33 bits per heavy atom. The van der Waals surface area contributed by atoms with Gasteiger partial charge in [-0.2, -0.15) is 0 Å². The summed E-state index contributed by atoms with van der Waals surface area (Å²) in [6.45, 7) is 15.7. The van der Waals surface area contributed by atoms with Gasteiger partial charge in [0.05, 0.1) is 125 Å². The van der Waals surface area contributed by atoms with Gasteiger partial charge in [0.1, 0.15) is 18.2 Å². The smallest absolute Gasteiger partial charge is 0.328 e. The number of nitrogens with two attached hydrogens (primary N) is 1. The van der Waals surface area contributed by atoms with Gasteiger partial charge in [0.2, 0.25) is 11.8 Å². The largest absolute Gasteiger partial charge is 0.458 e. The minimum Gasteiger partial charge on any atom is -0.458 e. The molecule has 0 saturated carbocycles. The number of amides is 2. The number of unbranched alkanes of at least 4 members (excludes halogenated alkanes) is 1. The Labute approximate surface area is 304 Å². The maximum Gasteiger partial charge on any atom is 0.328 e. The van der Waals surface area contributed by atoms with Crippen molar-refractivity contribution in [2.45, 2.75) is 64.6 Å². The highest BCUT2D eigenvalue weighted by atomic mass is 16.6. The van der Waals surface area contributed by atoms with Crippen molar-refractivity contribution >= 4 is 17.8 Å². The van der Waals surface area contributed by atoms with Gasteiger partial charge in [0.25, 0.3) is 0 Å². The van der Waals surface area contributed by atoms with Crippen LogP contribution < -0.4 is 16.4 Å². The Bertz CT molecular complexity index is 835. The van der Waals surface area contributed by atoms with Crippen LogP contribution in [-0.2, 0) is 66.5 Å². The number of rotatable bonds is 37. The number of nitrogens with one attached hydrogen (secondary N) is 2. The van der Waals surface area contributed by atoms with Crippen LogP contribution in [0.3, 0.4) is 0 Å². The number of esters is 1. The Balaban J connectivity index is 3.36. The summed E-state index contributed by atoms with van der Waals surface area (Å²) in [5.41, 5.74) is 5.29. The van der Waals surface area contributed by atoms with E-state index >= 15 is 0 Å². The molecule has 17 heteroatoms. The summed E-state index contributed by atoms with van der Waals surface area (Å²) in [6, 6.07) is -1.55. The van der Waals surface area contributed by atoms with Crippen LogP contribution in [0.2, 0.25) is 0 Å². The Morgan fingerprint density at radius 1 is 0.588 bits per heavy atom. The molecule has 302 valence electrons. The lowest BCUT2D eigenvalue weighted by atomic mass is 10.1. The van der Waals surface area contributed by atoms with Gasteiger partial charge in [0.15, 0.2) is 0 Å². The zero-order chi connectivity index (χ0) is 37.8. The lowest BCUT2D eigenvalue weighted by Crippen LogP contribution is -2.48. The first-order chi connectivity index (χ1) is 24.6. The highest BCUT2D eigenvalue weighted by Gasteiger charge is 2.24. The second kappa shape index (κ2) is 35.0. The van der Waals surface area contributed by atoms with E-state index in [0.29, 0.717) is 138 Å². The van der Waals surface area contributed by atoms with Gasteiger partial charge in [-0.25, -0.2) is 4.79 Å². The third-order valence-electron chi connectivity index (χ3n) is 6.36. The summed E-state index contributed by atoms with van der Waals surface area (Å²) >= 11 is 0. The van der Waals surface area contributed by atoms with Gasteiger partial charge in [0, 0.05) is 13.7 Å². The fraction of sp³-hybridized carbons (Fsp3) is 0.912. The van der Waals surface area contributed by atoms with Crippen LogP contribution >= 0.6 is 0 Å². The van der Waals surface area contributed by atoms with E-state index in [-0.39, 0.29) is 19.1 Å². The van der Waals surface area contributed by atoms with Crippen molar-refractivity contribution in [2.24, 2.45) is 5.73 Å².